The van der Waals surface area contributed by atoms with Crippen molar-refractivity contribution in [1.82, 2.24) is 0 Å². The van der Waals surface area contributed by atoms with Crippen molar-refractivity contribution in [3.05, 3.63) is 75.4 Å². The van der Waals surface area contributed by atoms with Crippen LogP contribution in [-0.2, 0) is 4.79 Å². The standard InChI is InChI=1S/C22H21F2NO2/c1-4-5-6-19(22(26)27)21(18-8-7-16(23)9-13(18)2)20-11-17(24)10-15(12-25)14(20)3/h7-11H,4-6H2,1-3H3,(H,26,27)/b21-19-. The quantitative estimate of drug-likeness (QED) is 0.681. The van der Waals surface area contributed by atoms with Gasteiger partial charge in [0.15, 0.2) is 0 Å². The summed E-state index contributed by atoms with van der Waals surface area (Å²) in [4.78, 5) is 12.0. The van der Waals surface area contributed by atoms with Crippen LogP contribution in [0.4, 0.5) is 8.78 Å². The molecule has 1 N–H and O–H groups in total. The Balaban J connectivity index is 2.92. The minimum atomic E-state index is -1.11. The van der Waals surface area contributed by atoms with Gasteiger partial charge in [-0.15, -0.1) is 0 Å². The van der Waals surface area contributed by atoms with Crippen LogP contribution in [0.1, 0.15) is 54.0 Å². The van der Waals surface area contributed by atoms with Crippen molar-refractivity contribution in [2.45, 2.75) is 40.0 Å². The number of carboxylic acid groups (broad SMARTS) is 1. The largest absolute Gasteiger partial charge is 0.478 e. The monoisotopic (exact) mass is 369 g/mol. The number of nitriles is 1. The fourth-order valence-corrected chi connectivity index (χ4v) is 3.13. The van der Waals surface area contributed by atoms with Gasteiger partial charge in [-0.1, -0.05) is 19.4 Å². The van der Waals surface area contributed by atoms with Crippen LogP contribution in [0.2, 0.25) is 0 Å². The number of unbranched alkanes of at least 4 members (excludes halogenated alkanes) is 1. The molecule has 0 amide bonds. The van der Waals surface area contributed by atoms with E-state index in [0.29, 0.717) is 34.2 Å². The zero-order valence-corrected chi connectivity index (χ0v) is 15.6. The van der Waals surface area contributed by atoms with Gasteiger partial charge in [-0.3, -0.25) is 0 Å². The van der Waals surface area contributed by atoms with Crippen molar-refractivity contribution in [3.8, 4) is 6.07 Å². The molecule has 0 fully saturated rings. The third-order valence-corrected chi connectivity index (χ3v) is 4.56. The van der Waals surface area contributed by atoms with Crippen molar-refractivity contribution in [3.63, 3.8) is 0 Å². The number of rotatable bonds is 6. The van der Waals surface area contributed by atoms with Crippen LogP contribution in [0, 0.1) is 36.8 Å². The molecular formula is C22H21F2NO2. The molecule has 0 heterocycles. The number of nitrogens with zero attached hydrogens (tertiary/aromatic N) is 1. The second-order valence-corrected chi connectivity index (χ2v) is 6.46. The van der Waals surface area contributed by atoms with E-state index in [1.165, 1.54) is 24.3 Å². The van der Waals surface area contributed by atoms with Crippen molar-refractivity contribution in [1.29, 1.82) is 5.26 Å². The molecule has 0 saturated heterocycles. The third kappa shape index (κ3) is 4.40. The Labute approximate surface area is 157 Å². The maximum Gasteiger partial charge on any atom is 0.332 e. The first-order valence-corrected chi connectivity index (χ1v) is 8.73. The number of aryl methyl sites for hydroxylation is 1. The average Bonchev–Trinajstić information content (AvgIpc) is 2.61. The molecule has 5 heteroatoms. The first-order valence-electron chi connectivity index (χ1n) is 8.73. The smallest absolute Gasteiger partial charge is 0.332 e. The Morgan fingerprint density at radius 3 is 2.37 bits per heavy atom. The lowest BCUT2D eigenvalue weighted by Gasteiger charge is -2.18. The number of hydrogen-bond donors (Lipinski definition) is 1. The minimum Gasteiger partial charge on any atom is -0.478 e. The summed E-state index contributed by atoms with van der Waals surface area (Å²) in [5, 5.41) is 19.1. The molecule has 27 heavy (non-hydrogen) atoms. The van der Waals surface area contributed by atoms with Crippen molar-refractivity contribution in [2.75, 3.05) is 0 Å². The van der Waals surface area contributed by atoms with Crippen molar-refractivity contribution in [2.24, 2.45) is 0 Å². The fraction of sp³-hybridized carbons (Fsp3) is 0.273. The molecule has 3 nitrogen and oxygen atoms in total. The zero-order chi connectivity index (χ0) is 20.1. The van der Waals surface area contributed by atoms with Gasteiger partial charge in [0.05, 0.1) is 11.6 Å². The predicted molar refractivity (Wildman–Crippen MR) is 100 cm³/mol. The maximum absolute atomic E-state index is 14.2. The molecule has 0 radical (unpaired) electrons. The number of aliphatic carboxylic acids is 1. The zero-order valence-electron chi connectivity index (χ0n) is 15.6. The van der Waals surface area contributed by atoms with Crippen LogP contribution < -0.4 is 0 Å². The molecule has 2 rings (SSSR count). The second-order valence-electron chi connectivity index (χ2n) is 6.46. The summed E-state index contributed by atoms with van der Waals surface area (Å²) in [6.45, 7) is 5.28. The van der Waals surface area contributed by atoms with Gasteiger partial charge in [-0.05, 0) is 78.8 Å². The highest BCUT2D eigenvalue weighted by Gasteiger charge is 2.22. The van der Waals surface area contributed by atoms with Gasteiger partial charge < -0.3 is 5.11 Å². The van der Waals surface area contributed by atoms with Gasteiger partial charge in [0.25, 0.3) is 0 Å². The lowest BCUT2D eigenvalue weighted by molar-refractivity contribution is -0.132. The molecule has 2 aromatic carbocycles. The Kier molecular flexibility index (Phi) is 6.46. The minimum absolute atomic E-state index is 0.129. The maximum atomic E-state index is 14.2. The van der Waals surface area contributed by atoms with Crippen LogP contribution in [0.5, 0.6) is 0 Å². The molecule has 0 atom stereocenters. The van der Waals surface area contributed by atoms with E-state index in [1.54, 1.807) is 13.8 Å². The Morgan fingerprint density at radius 2 is 1.81 bits per heavy atom. The van der Waals surface area contributed by atoms with Crippen LogP contribution in [0.15, 0.2) is 35.9 Å². The molecule has 140 valence electrons. The first kappa shape index (κ1) is 20.3. The number of hydrogen-bond acceptors (Lipinski definition) is 2. The Morgan fingerprint density at radius 1 is 1.11 bits per heavy atom. The number of carboxylic acids is 1. The predicted octanol–water partition coefficient (Wildman–Crippen LogP) is 5.53. The summed E-state index contributed by atoms with van der Waals surface area (Å²) in [6.07, 6.45) is 1.72. The van der Waals surface area contributed by atoms with Gasteiger partial charge in [0, 0.05) is 5.57 Å². The SMILES string of the molecule is CCCC/C(C(=O)O)=C(\c1ccc(F)cc1C)c1cc(F)cc(C#N)c1C. The summed E-state index contributed by atoms with van der Waals surface area (Å²) in [6, 6.07) is 8.38. The first-order chi connectivity index (χ1) is 12.8. The highest BCUT2D eigenvalue weighted by atomic mass is 19.1. The topological polar surface area (TPSA) is 61.1 Å². The Hall–Kier alpha value is -3.00. The molecule has 0 aliphatic heterocycles. The van der Waals surface area contributed by atoms with Gasteiger partial charge in [-0.2, -0.15) is 5.26 Å². The average molecular weight is 369 g/mol. The van der Waals surface area contributed by atoms with Gasteiger partial charge in [0.2, 0.25) is 0 Å². The van der Waals surface area contributed by atoms with Crippen LogP contribution >= 0.6 is 0 Å². The summed E-state index contributed by atoms with van der Waals surface area (Å²) in [7, 11) is 0. The van der Waals surface area contributed by atoms with Gasteiger partial charge >= 0.3 is 5.97 Å². The lowest BCUT2D eigenvalue weighted by atomic mass is 9.85. The van der Waals surface area contributed by atoms with Crippen molar-refractivity contribution >= 4 is 11.5 Å². The molecule has 2 aromatic rings. The fourth-order valence-electron chi connectivity index (χ4n) is 3.13. The molecule has 0 saturated carbocycles. The second kappa shape index (κ2) is 8.59. The van der Waals surface area contributed by atoms with Crippen LogP contribution in [0.25, 0.3) is 5.57 Å². The molecule has 0 aliphatic rings. The summed E-state index contributed by atoms with van der Waals surface area (Å²) in [5.41, 5.74) is 2.50. The van der Waals surface area contributed by atoms with E-state index in [2.05, 4.69) is 0 Å². The molecular weight excluding hydrogens is 348 g/mol. The molecule has 0 spiro atoms. The van der Waals surface area contributed by atoms with Crippen LogP contribution in [-0.4, -0.2) is 11.1 Å². The lowest BCUT2D eigenvalue weighted by Crippen LogP contribution is -2.09. The van der Waals surface area contributed by atoms with E-state index in [-0.39, 0.29) is 17.6 Å². The van der Waals surface area contributed by atoms with Crippen LogP contribution in [0.3, 0.4) is 0 Å². The molecule has 0 bridgehead atoms. The third-order valence-electron chi connectivity index (χ3n) is 4.56. The van der Waals surface area contributed by atoms with E-state index < -0.39 is 17.6 Å². The van der Waals surface area contributed by atoms with Gasteiger partial charge in [0.1, 0.15) is 11.6 Å². The summed E-state index contributed by atoms with van der Waals surface area (Å²) < 4.78 is 27.8. The number of carbonyl (C=O) groups is 1. The van der Waals surface area contributed by atoms with E-state index in [0.717, 1.165) is 12.5 Å². The molecule has 0 unspecified atom stereocenters. The number of halogens is 2. The van der Waals surface area contributed by atoms with Crippen molar-refractivity contribution < 1.29 is 18.7 Å². The highest BCUT2D eigenvalue weighted by molar-refractivity contribution is 6.02. The van der Waals surface area contributed by atoms with Gasteiger partial charge in [-0.25, -0.2) is 13.6 Å². The summed E-state index contributed by atoms with van der Waals surface area (Å²) in [5.74, 6) is -2.16. The molecule has 0 aliphatic carbocycles. The van der Waals surface area contributed by atoms with E-state index in [9.17, 15) is 23.9 Å². The normalized spacial score (nSPS) is 11.7. The molecule has 0 aromatic heterocycles. The van der Waals surface area contributed by atoms with E-state index >= 15 is 0 Å². The highest BCUT2D eigenvalue weighted by Crippen LogP contribution is 2.35. The number of benzene rings is 2. The summed E-state index contributed by atoms with van der Waals surface area (Å²) >= 11 is 0. The van der Waals surface area contributed by atoms with E-state index in [4.69, 9.17) is 0 Å². The van der Waals surface area contributed by atoms with E-state index in [1.807, 2.05) is 13.0 Å². The Bertz CT molecular complexity index is 956.